The third-order valence-corrected chi connectivity index (χ3v) is 3.74. The number of likely N-dealkylation sites (tertiary alicyclic amines) is 1. The number of hydrogen-bond acceptors (Lipinski definition) is 2. The van der Waals surface area contributed by atoms with Gasteiger partial charge in [0.1, 0.15) is 0 Å². The predicted octanol–water partition coefficient (Wildman–Crippen LogP) is 1.76. The van der Waals surface area contributed by atoms with Gasteiger partial charge in [0.2, 0.25) is 5.91 Å². The van der Waals surface area contributed by atoms with Gasteiger partial charge < -0.3 is 10.6 Å². The Morgan fingerprint density at radius 1 is 1.47 bits per heavy atom. The lowest BCUT2D eigenvalue weighted by Gasteiger charge is -2.38. The van der Waals surface area contributed by atoms with Crippen molar-refractivity contribution in [2.24, 2.45) is 11.7 Å². The fourth-order valence-corrected chi connectivity index (χ4v) is 2.56. The topological polar surface area (TPSA) is 46.3 Å². The van der Waals surface area contributed by atoms with Crippen molar-refractivity contribution in [2.75, 3.05) is 6.54 Å². The van der Waals surface area contributed by atoms with Gasteiger partial charge in [0.15, 0.2) is 0 Å². The van der Waals surface area contributed by atoms with Crippen molar-refractivity contribution < 1.29 is 4.79 Å². The zero-order chi connectivity index (χ0) is 11.4. The molecule has 1 aliphatic rings. The third kappa shape index (κ3) is 2.71. The summed E-state index contributed by atoms with van der Waals surface area (Å²) < 4.78 is 0. The van der Waals surface area contributed by atoms with E-state index in [1.165, 1.54) is 0 Å². The molecule has 2 unspecified atom stereocenters. The van der Waals surface area contributed by atoms with Gasteiger partial charge in [-0.2, -0.15) is 0 Å². The summed E-state index contributed by atoms with van der Waals surface area (Å²) in [6.45, 7) is 7.44. The van der Waals surface area contributed by atoms with Crippen LogP contribution in [0.25, 0.3) is 0 Å². The van der Waals surface area contributed by atoms with Crippen molar-refractivity contribution >= 4 is 5.91 Å². The summed E-state index contributed by atoms with van der Waals surface area (Å²) in [5, 5.41) is 0. The van der Waals surface area contributed by atoms with E-state index in [0.29, 0.717) is 12.0 Å². The van der Waals surface area contributed by atoms with Crippen molar-refractivity contribution in [3.8, 4) is 0 Å². The van der Waals surface area contributed by atoms with E-state index < -0.39 is 0 Å². The third-order valence-electron chi connectivity index (χ3n) is 3.74. The average Bonchev–Trinajstić information content (AvgIpc) is 2.23. The molecule has 0 spiro atoms. The molecule has 1 amide bonds. The monoisotopic (exact) mass is 212 g/mol. The molecular weight excluding hydrogens is 188 g/mol. The molecule has 1 aliphatic heterocycles. The fourth-order valence-electron chi connectivity index (χ4n) is 2.56. The Hall–Kier alpha value is -0.570. The van der Waals surface area contributed by atoms with Crippen molar-refractivity contribution in [3.05, 3.63) is 0 Å². The molecule has 3 heteroatoms. The zero-order valence-electron chi connectivity index (χ0n) is 10.2. The first-order valence-electron chi connectivity index (χ1n) is 6.17. The van der Waals surface area contributed by atoms with E-state index in [1.807, 2.05) is 4.90 Å². The maximum Gasteiger partial charge on any atom is 0.239 e. The molecule has 3 nitrogen and oxygen atoms in total. The Bertz CT molecular complexity index is 214. The Kier molecular flexibility index (Phi) is 4.58. The van der Waals surface area contributed by atoms with Crippen LogP contribution < -0.4 is 5.73 Å². The summed E-state index contributed by atoms with van der Waals surface area (Å²) >= 11 is 0. The number of carbonyl (C=O) groups is 1. The first kappa shape index (κ1) is 12.5. The van der Waals surface area contributed by atoms with E-state index in [1.54, 1.807) is 0 Å². The summed E-state index contributed by atoms with van der Waals surface area (Å²) in [5.41, 5.74) is 5.80. The molecule has 2 atom stereocenters. The number of nitrogens with two attached hydrogens (primary N) is 1. The van der Waals surface area contributed by atoms with Crippen LogP contribution in [0.15, 0.2) is 0 Å². The van der Waals surface area contributed by atoms with Gasteiger partial charge >= 0.3 is 0 Å². The molecule has 2 N–H and O–H groups in total. The largest absolute Gasteiger partial charge is 0.338 e. The summed E-state index contributed by atoms with van der Waals surface area (Å²) in [4.78, 5) is 13.9. The van der Waals surface area contributed by atoms with Gasteiger partial charge in [-0.3, -0.25) is 4.79 Å². The van der Waals surface area contributed by atoms with E-state index in [-0.39, 0.29) is 11.9 Å². The van der Waals surface area contributed by atoms with Crippen LogP contribution in [0.3, 0.4) is 0 Å². The highest BCUT2D eigenvalue weighted by molar-refractivity contribution is 5.82. The lowest BCUT2D eigenvalue weighted by Crippen LogP contribution is -2.53. The molecule has 1 rings (SSSR count). The molecule has 0 bridgehead atoms. The number of piperidine rings is 1. The molecule has 0 aromatic heterocycles. The van der Waals surface area contributed by atoms with Gasteiger partial charge in [0.05, 0.1) is 6.04 Å². The van der Waals surface area contributed by atoms with Gasteiger partial charge in [-0.15, -0.1) is 0 Å². The van der Waals surface area contributed by atoms with Gasteiger partial charge in [0.25, 0.3) is 0 Å². The number of amides is 1. The number of rotatable bonds is 4. The molecule has 88 valence electrons. The normalized spacial score (nSPS) is 24.7. The van der Waals surface area contributed by atoms with Crippen LogP contribution in [0, 0.1) is 5.92 Å². The van der Waals surface area contributed by atoms with Gasteiger partial charge in [-0.1, -0.05) is 26.7 Å². The number of nitrogens with zero attached hydrogens (tertiary/aromatic N) is 1. The molecule has 0 aliphatic carbocycles. The fraction of sp³-hybridized carbons (Fsp3) is 0.917. The van der Waals surface area contributed by atoms with Crippen LogP contribution in [0.2, 0.25) is 0 Å². The minimum Gasteiger partial charge on any atom is -0.338 e. The molecule has 0 aromatic rings. The molecule has 0 saturated carbocycles. The number of hydrogen-bond donors (Lipinski definition) is 1. The lowest BCUT2D eigenvalue weighted by molar-refractivity contribution is -0.138. The minimum absolute atomic E-state index is 0.153. The van der Waals surface area contributed by atoms with Crippen LogP contribution in [0.5, 0.6) is 0 Å². The highest BCUT2D eigenvalue weighted by Gasteiger charge is 2.31. The molecule has 0 aromatic carbocycles. The van der Waals surface area contributed by atoms with Crippen LogP contribution >= 0.6 is 0 Å². The van der Waals surface area contributed by atoms with E-state index in [0.717, 1.165) is 32.2 Å². The van der Waals surface area contributed by atoms with Crippen molar-refractivity contribution in [2.45, 2.75) is 58.5 Å². The predicted molar refractivity (Wildman–Crippen MR) is 62.5 cm³/mol. The quantitative estimate of drug-likeness (QED) is 0.772. The smallest absolute Gasteiger partial charge is 0.239 e. The second-order valence-electron chi connectivity index (χ2n) is 4.60. The summed E-state index contributed by atoms with van der Waals surface area (Å²) in [6, 6.07) is 0.0920. The van der Waals surface area contributed by atoms with Crippen molar-refractivity contribution in [1.82, 2.24) is 4.90 Å². The van der Waals surface area contributed by atoms with Crippen molar-refractivity contribution in [3.63, 3.8) is 0 Å². The highest BCUT2D eigenvalue weighted by Crippen LogP contribution is 2.22. The first-order valence-corrected chi connectivity index (χ1v) is 6.17. The zero-order valence-corrected chi connectivity index (χ0v) is 10.2. The second kappa shape index (κ2) is 5.50. The van der Waals surface area contributed by atoms with Crippen LogP contribution in [-0.4, -0.2) is 29.4 Å². The average molecular weight is 212 g/mol. The first-order chi connectivity index (χ1) is 7.11. The summed E-state index contributed by atoms with van der Waals surface area (Å²) in [7, 11) is 0. The maximum atomic E-state index is 11.9. The van der Waals surface area contributed by atoms with E-state index in [9.17, 15) is 4.79 Å². The summed E-state index contributed by atoms with van der Waals surface area (Å²) in [5.74, 6) is 0.764. The lowest BCUT2D eigenvalue weighted by atomic mass is 9.92. The molecule has 1 fully saturated rings. The highest BCUT2D eigenvalue weighted by atomic mass is 16.2. The van der Waals surface area contributed by atoms with Gasteiger partial charge in [0, 0.05) is 12.6 Å². The van der Waals surface area contributed by atoms with Crippen LogP contribution in [0.1, 0.15) is 46.5 Å². The SMILES string of the molecule is CCC(CC)C(C)N1CCCC(N)C1=O. The molecule has 1 saturated heterocycles. The molecule has 1 heterocycles. The molecule has 15 heavy (non-hydrogen) atoms. The Morgan fingerprint density at radius 2 is 2.07 bits per heavy atom. The maximum absolute atomic E-state index is 11.9. The summed E-state index contributed by atoms with van der Waals surface area (Å²) in [6.07, 6.45) is 4.18. The van der Waals surface area contributed by atoms with E-state index in [4.69, 9.17) is 5.73 Å². The van der Waals surface area contributed by atoms with E-state index >= 15 is 0 Å². The van der Waals surface area contributed by atoms with Gasteiger partial charge in [-0.25, -0.2) is 0 Å². The van der Waals surface area contributed by atoms with Gasteiger partial charge in [-0.05, 0) is 25.7 Å². The van der Waals surface area contributed by atoms with Crippen molar-refractivity contribution in [1.29, 1.82) is 0 Å². The Balaban J connectivity index is 2.64. The molecule has 0 radical (unpaired) electrons. The van der Waals surface area contributed by atoms with Crippen LogP contribution in [0.4, 0.5) is 0 Å². The second-order valence-corrected chi connectivity index (χ2v) is 4.60. The van der Waals surface area contributed by atoms with E-state index in [2.05, 4.69) is 20.8 Å². The number of carbonyl (C=O) groups excluding carboxylic acids is 1. The Labute approximate surface area is 93.0 Å². The Morgan fingerprint density at radius 3 is 2.60 bits per heavy atom. The molecular formula is C12H24N2O. The minimum atomic E-state index is -0.254. The standard InChI is InChI=1S/C12H24N2O/c1-4-10(5-2)9(3)14-8-6-7-11(13)12(14)15/h9-11H,4-8,13H2,1-3H3. The van der Waals surface area contributed by atoms with Crippen LogP contribution in [-0.2, 0) is 4.79 Å².